The van der Waals surface area contributed by atoms with Crippen molar-refractivity contribution in [2.75, 3.05) is 6.61 Å². The normalized spacial score (nSPS) is 16.7. The summed E-state index contributed by atoms with van der Waals surface area (Å²) in [6.45, 7) is 0.871. The number of rotatable bonds is 3. The van der Waals surface area contributed by atoms with Crippen LogP contribution in [0.4, 0.5) is 0 Å². The first kappa shape index (κ1) is 13.5. The highest BCUT2D eigenvalue weighted by molar-refractivity contribution is 5.79. The maximum Gasteiger partial charge on any atom is 0.227 e. The molecule has 0 saturated heterocycles. The Bertz CT molecular complexity index is 637. The molecule has 0 aliphatic carbocycles. The average Bonchev–Trinajstić information content (AvgIpc) is 2.53. The molecule has 1 heterocycles. The number of carbonyl (C=O) groups is 1. The molecule has 108 valence electrons. The number of phenolic OH excluding ortho intramolecular Hbond substituents is 1. The summed E-state index contributed by atoms with van der Waals surface area (Å²) in [5, 5.41) is 12.1. The number of ether oxygens (including phenoxy) is 1. The van der Waals surface area contributed by atoms with Gasteiger partial charge in [-0.3, -0.25) is 4.79 Å². The lowest BCUT2D eigenvalue weighted by atomic mass is 9.96. The fourth-order valence-corrected chi connectivity index (χ4v) is 2.44. The first-order chi connectivity index (χ1) is 10.2. The maximum absolute atomic E-state index is 12.2. The van der Waals surface area contributed by atoms with Crippen LogP contribution in [-0.4, -0.2) is 17.6 Å². The Balaban J connectivity index is 1.58. The Hall–Kier alpha value is -2.49. The van der Waals surface area contributed by atoms with Crippen LogP contribution in [0.2, 0.25) is 0 Å². The zero-order valence-electron chi connectivity index (χ0n) is 11.6. The Morgan fingerprint density at radius 2 is 1.95 bits per heavy atom. The lowest BCUT2D eigenvalue weighted by Crippen LogP contribution is -2.37. The second kappa shape index (κ2) is 5.87. The monoisotopic (exact) mass is 283 g/mol. The zero-order valence-corrected chi connectivity index (χ0v) is 11.6. The lowest BCUT2D eigenvalue weighted by Gasteiger charge is -2.24. The third-order valence-corrected chi connectivity index (χ3v) is 3.65. The summed E-state index contributed by atoms with van der Waals surface area (Å²) < 4.78 is 5.63. The molecule has 4 heteroatoms. The molecule has 2 N–H and O–H groups in total. The van der Waals surface area contributed by atoms with Crippen molar-refractivity contribution < 1.29 is 14.6 Å². The van der Waals surface area contributed by atoms with Gasteiger partial charge in [-0.25, -0.2) is 0 Å². The van der Waals surface area contributed by atoms with E-state index in [0.29, 0.717) is 19.6 Å². The number of amides is 1. The number of para-hydroxylation sites is 1. The highest BCUT2D eigenvalue weighted by Crippen LogP contribution is 2.26. The van der Waals surface area contributed by atoms with Crippen LogP contribution in [-0.2, 0) is 17.8 Å². The molecule has 2 aromatic rings. The minimum atomic E-state index is -0.156. The highest BCUT2D eigenvalue weighted by atomic mass is 16.5. The summed E-state index contributed by atoms with van der Waals surface area (Å²) in [5.41, 5.74) is 2.03. The molecule has 4 nitrogen and oxygen atoms in total. The first-order valence-electron chi connectivity index (χ1n) is 6.99. The van der Waals surface area contributed by atoms with Crippen molar-refractivity contribution in [2.45, 2.75) is 13.0 Å². The predicted molar refractivity (Wildman–Crippen MR) is 79.1 cm³/mol. The van der Waals surface area contributed by atoms with Crippen LogP contribution < -0.4 is 10.1 Å². The van der Waals surface area contributed by atoms with Crippen molar-refractivity contribution in [3.05, 3.63) is 59.7 Å². The van der Waals surface area contributed by atoms with Crippen molar-refractivity contribution in [3.8, 4) is 11.5 Å². The third-order valence-electron chi connectivity index (χ3n) is 3.65. The van der Waals surface area contributed by atoms with Crippen LogP contribution in [0.15, 0.2) is 48.5 Å². The van der Waals surface area contributed by atoms with Gasteiger partial charge in [-0.1, -0.05) is 30.3 Å². The van der Waals surface area contributed by atoms with E-state index in [1.165, 1.54) is 0 Å². The van der Waals surface area contributed by atoms with E-state index < -0.39 is 0 Å². The van der Waals surface area contributed by atoms with Crippen molar-refractivity contribution >= 4 is 5.91 Å². The summed E-state index contributed by atoms with van der Waals surface area (Å²) in [6, 6.07) is 14.6. The molecule has 0 bridgehead atoms. The smallest absolute Gasteiger partial charge is 0.227 e. The van der Waals surface area contributed by atoms with Crippen LogP contribution in [0.3, 0.4) is 0 Å². The molecule has 1 aliphatic heterocycles. The van der Waals surface area contributed by atoms with E-state index >= 15 is 0 Å². The summed E-state index contributed by atoms with van der Waals surface area (Å²) in [5.74, 6) is 0.942. The van der Waals surface area contributed by atoms with Gasteiger partial charge in [0.1, 0.15) is 18.1 Å². The van der Waals surface area contributed by atoms with Gasteiger partial charge in [0.25, 0.3) is 0 Å². The average molecular weight is 283 g/mol. The third kappa shape index (κ3) is 3.16. The van der Waals surface area contributed by atoms with Crippen molar-refractivity contribution in [3.63, 3.8) is 0 Å². The molecule has 1 amide bonds. The fraction of sp³-hybridized carbons (Fsp3) is 0.235. The summed E-state index contributed by atoms with van der Waals surface area (Å²) >= 11 is 0. The number of hydrogen-bond donors (Lipinski definition) is 2. The van der Waals surface area contributed by atoms with Crippen molar-refractivity contribution in [1.82, 2.24) is 5.32 Å². The number of nitrogens with one attached hydrogen (secondary N) is 1. The zero-order chi connectivity index (χ0) is 14.7. The minimum Gasteiger partial charge on any atom is -0.508 e. The number of aromatic hydroxyl groups is 1. The van der Waals surface area contributed by atoms with E-state index in [2.05, 4.69) is 5.32 Å². The quantitative estimate of drug-likeness (QED) is 0.908. The molecule has 1 unspecified atom stereocenters. The van der Waals surface area contributed by atoms with Crippen LogP contribution >= 0.6 is 0 Å². The molecule has 0 spiro atoms. The van der Waals surface area contributed by atoms with Gasteiger partial charge in [0, 0.05) is 6.54 Å². The van der Waals surface area contributed by atoms with Gasteiger partial charge in [0.15, 0.2) is 0 Å². The Labute approximate surface area is 123 Å². The molecular weight excluding hydrogens is 266 g/mol. The molecule has 1 aliphatic rings. The van der Waals surface area contributed by atoms with Crippen molar-refractivity contribution in [2.24, 2.45) is 5.92 Å². The number of carbonyl (C=O) groups excluding carboxylic acids is 1. The van der Waals surface area contributed by atoms with E-state index in [-0.39, 0.29) is 17.6 Å². The SMILES string of the molecule is O=C(NCc1ccc(O)cc1)C1COc2ccccc2C1. The second-order valence-corrected chi connectivity index (χ2v) is 5.20. The van der Waals surface area contributed by atoms with Gasteiger partial charge in [-0.2, -0.15) is 0 Å². The van der Waals surface area contributed by atoms with E-state index in [9.17, 15) is 9.90 Å². The van der Waals surface area contributed by atoms with E-state index in [1.807, 2.05) is 24.3 Å². The molecule has 2 aromatic carbocycles. The van der Waals surface area contributed by atoms with Crippen molar-refractivity contribution in [1.29, 1.82) is 0 Å². The Kier molecular flexibility index (Phi) is 3.77. The number of benzene rings is 2. The molecule has 0 aromatic heterocycles. The molecule has 1 atom stereocenters. The summed E-state index contributed by atoms with van der Waals surface area (Å²) in [7, 11) is 0. The van der Waals surface area contributed by atoms with Gasteiger partial charge >= 0.3 is 0 Å². The largest absolute Gasteiger partial charge is 0.508 e. The fourth-order valence-electron chi connectivity index (χ4n) is 2.44. The maximum atomic E-state index is 12.2. The van der Waals surface area contributed by atoms with Gasteiger partial charge in [-0.15, -0.1) is 0 Å². The van der Waals surface area contributed by atoms with Gasteiger partial charge in [0.05, 0.1) is 5.92 Å². The van der Waals surface area contributed by atoms with Crippen LogP contribution in [0.5, 0.6) is 11.5 Å². The minimum absolute atomic E-state index is 0.00224. The van der Waals surface area contributed by atoms with Gasteiger partial charge in [-0.05, 0) is 35.7 Å². The van der Waals surface area contributed by atoms with E-state index in [4.69, 9.17) is 4.74 Å². The van der Waals surface area contributed by atoms with Crippen LogP contribution in [0, 0.1) is 5.92 Å². The Morgan fingerprint density at radius 3 is 2.76 bits per heavy atom. The summed E-state index contributed by atoms with van der Waals surface area (Å²) in [4.78, 5) is 12.2. The second-order valence-electron chi connectivity index (χ2n) is 5.20. The molecule has 21 heavy (non-hydrogen) atoms. The number of hydrogen-bond acceptors (Lipinski definition) is 3. The molecule has 3 rings (SSSR count). The van der Waals surface area contributed by atoms with E-state index in [0.717, 1.165) is 16.9 Å². The first-order valence-corrected chi connectivity index (χ1v) is 6.99. The van der Waals surface area contributed by atoms with Crippen LogP contribution in [0.25, 0.3) is 0 Å². The van der Waals surface area contributed by atoms with Crippen LogP contribution in [0.1, 0.15) is 11.1 Å². The van der Waals surface area contributed by atoms with Gasteiger partial charge < -0.3 is 15.2 Å². The Morgan fingerprint density at radius 1 is 1.19 bits per heavy atom. The van der Waals surface area contributed by atoms with E-state index in [1.54, 1.807) is 24.3 Å². The molecular formula is C17H17NO3. The molecule has 0 radical (unpaired) electrons. The highest BCUT2D eigenvalue weighted by Gasteiger charge is 2.25. The standard InChI is InChI=1S/C17H17NO3/c19-15-7-5-12(6-8-15)10-18-17(20)14-9-13-3-1-2-4-16(13)21-11-14/h1-8,14,19H,9-11H2,(H,18,20). The molecule has 0 saturated carbocycles. The number of fused-ring (bicyclic) bond motifs is 1. The predicted octanol–water partition coefficient (Wildman–Crippen LogP) is 2.26. The summed E-state index contributed by atoms with van der Waals surface area (Å²) in [6.07, 6.45) is 0.706. The van der Waals surface area contributed by atoms with Gasteiger partial charge in [0.2, 0.25) is 5.91 Å². The number of phenols is 1. The molecule has 0 fully saturated rings. The topological polar surface area (TPSA) is 58.6 Å². The lowest BCUT2D eigenvalue weighted by molar-refractivity contribution is -0.126.